The second-order valence-corrected chi connectivity index (χ2v) is 7.36. The summed E-state index contributed by atoms with van der Waals surface area (Å²) in [7, 11) is -2.70. The van der Waals surface area contributed by atoms with E-state index in [9.17, 15) is 13.2 Å². The van der Waals surface area contributed by atoms with Crippen molar-refractivity contribution in [3.63, 3.8) is 0 Å². The maximum absolute atomic E-state index is 12.7. The molecule has 1 N–H and O–H groups in total. The number of sulfonamides is 1. The lowest BCUT2D eigenvalue weighted by Gasteiger charge is -2.12. The van der Waals surface area contributed by atoms with Crippen molar-refractivity contribution in [3.8, 4) is 0 Å². The second kappa shape index (κ2) is 6.74. The molecule has 0 saturated carbocycles. The molecule has 0 aromatic heterocycles. The number of halogens is 1. The van der Waals surface area contributed by atoms with Gasteiger partial charge in [0, 0.05) is 5.39 Å². The van der Waals surface area contributed by atoms with Crippen LogP contribution in [0.2, 0.25) is 5.02 Å². The van der Waals surface area contributed by atoms with Gasteiger partial charge in [0.05, 0.1) is 28.3 Å². The lowest BCUT2D eigenvalue weighted by atomic mass is 10.1. The molecule has 0 aliphatic carbocycles. The number of esters is 1. The lowest BCUT2D eigenvalue weighted by molar-refractivity contribution is 0.0600. The number of benzene rings is 3. The number of hydrogen-bond donors (Lipinski definition) is 1. The topological polar surface area (TPSA) is 72.5 Å². The molecule has 0 heterocycles. The van der Waals surface area contributed by atoms with E-state index in [1.54, 1.807) is 12.1 Å². The summed E-state index contributed by atoms with van der Waals surface area (Å²) >= 11 is 5.94. The van der Waals surface area contributed by atoms with Gasteiger partial charge in [-0.2, -0.15) is 0 Å². The first-order chi connectivity index (χ1) is 11.9. The summed E-state index contributed by atoms with van der Waals surface area (Å²) in [6.45, 7) is 0. The van der Waals surface area contributed by atoms with E-state index in [0.29, 0.717) is 5.69 Å². The summed E-state index contributed by atoms with van der Waals surface area (Å²) in [5, 5.41) is 1.81. The first kappa shape index (κ1) is 17.3. The minimum Gasteiger partial charge on any atom is -0.465 e. The molecule has 0 bridgehead atoms. The van der Waals surface area contributed by atoms with E-state index < -0.39 is 16.0 Å². The molecule has 0 unspecified atom stereocenters. The molecule has 0 aliphatic heterocycles. The highest BCUT2D eigenvalue weighted by molar-refractivity contribution is 7.92. The molecule has 7 heteroatoms. The number of carbonyl (C=O) groups excluding carboxylic acids is 1. The summed E-state index contributed by atoms with van der Waals surface area (Å²) in [6, 6.07) is 16.7. The Labute approximate surface area is 150 Å². The van der Waals surface area contributed by atoms with Gasteiger partial charge in [0.2, 0.25) is 0 Å². The van der Waals surface area contributed by atoms with Crippen molar-refractivity contribution in [1.82, 2.24) is 0 Å². The molecular formula is C18H14ClNO4S. The number of methoxy groups -OCH3 is 1. The third kappa shape index (κ3) is 3.45. The fraction of sp³-hybridized carbons (Fsp3) is 0.0556. The Kier molecular flexibility index (Phi) is 4.65. The number of carbonyl (C=O) groups is 1. The number of anilines is 1. The van der Waals surface area contributed by atoms with Crippen LogP contribution in [0, 0.1) is 0 Å². The molecular weight excluding hydrogens is 362 g/mol. The Bertz CT molecular complexity index is 1060. The molecule has 3 aromatic rings. The Balaban J connectivity index is 2.04. The first-order valence-electron chi connectivity index (χ1n) is 7.31. The summed E-state index contributed by atoms with van der Waals surface area (Å²) in [6.07, 6.45) is 0. The predicted octanol–water partition coefficient (Wildman–Crippen LogP) is 4.08. The largest absolute Gasteiger partial charge is 0.465 e. The van der Waals surface area contributed by atoms with E-state index in [4.69, 9.17) is 11.6 Å². The third-order valence-electron chi connectivity index (χ3n) is 3.69. The Morgan fingerprint density at radius 1 is 1.04 bits per heavy atom. The maximum Gasteiger partial charge on any atom is 0.339 e. The molecule has 25 heavy (non-hydrogen) atoms. The zero-order chi connectivity index (χ0) is 18.0. The first-order valence-corrected chi connectivity index (χ1v) is 9.17. The standard InChI is InChI=1S/C18H14ClNO4S/c1-24-18(21)15-11-13(9-10-16(15)19)25(22,23)20-17-8-4-6-12-5-2-3-7-14(12)17/h2-11,20H,1H3. The third-order valence-corrected chi connectivity index (χ3v) is 5.38. The van der Waals surface area contributed by atoms with Crippen molar-refractivity contribution in [3.05, 3.63) is 71.2 Å². The molecule has 5 nitrogen and oxygen atoms in total. The molecule has 128 valence electrons. The van der Waals surface area contributed by atoms with E-state index in [1.165, 1.54) is 25.3 Å². The number of fused-ring (bicyclic) bond motifs is 1. The SMILES string of the molecule is COC(=O)c1cc(S(=O)(=O)Nc2cccc3ccccc23)ccc1Cl. The van der Waals surface area contributed by atoms with Gasteiger partial charge in [0.15, 0.2) is 0 Å². The summed E-state index contributed by atoms with van der Waals surface area (Å²) in [5.74, 6) is -0.702. The van der Waals surface area contributed by atoms with Gasteiger partial charge in [-0.05, 0) is 29.7 Å². The minimum atomic E-state index is -3.90. The van der Waals surface area contributed by atoms with Crippen molar-refractivity contribution >= 4 is 44.1 Å². The zero-order valence-corrected chi connectivity index (χ0v) is 14.8. The van der Waals surface area contributed by atoms with E-state index in [-0.39, 0.29) is 15.5 Å². The van der Waals surface area contributed by atoms with Crippen LogP contribution in [0.1, 0.15) is 10.4 Å². The van der Waals surface area contributed by atoms with Gasteiger partial charge in [-0.15, -0.1) is 0 Å². The van der Waals surface area contributed by atoms with Gasteiger partial charge in [-0.1, -0.05) is 48.0 Å². The van der Waals surface area contributed by atoms with Gasteiger partial charge in [0.1, 0.15) is 0 Å². The molecule has 0 radical (unpaired) electrons. The van der Waals surface area contributed by atoms with Gasteiger partial charge in [0.25, 0.3) is 10.0 Å². The lowest BCUT2D eigenvalue weighted by Crippen LogP contribution is -2.14. The number of rotatable bonds is 4. The molecule has 3 rings (SSSR count). The fourth-order valence-corrected chi connectivity index (χ4v) is 3.76. The van der Waals surface area contributed by atoms with Crippen LogP contribution >= 0.6 is 11.6 Å². The fourth-order valence-electron chi connectivity index (χ4n) is 2.46. The van der Waals surface area contributed by atoms with Crippen molar-refractivity contribution in [2.24, 2.45) is 0 Å². The summed E-state index contributed by atoms with van der Waals surface area (Å²) in [4.78, 5) is 11.6. The molecule has 3 aromatic carbocycles. The normalized spacial score (nSPS) is 11.3. The van der Waals surface area contributed by atoms with Crippen LogP contribution in [0.15, 0.2) is 65.6 Å². The summed E-state index contributed by atoms with van der Waals surface area (Å²) < 4.78 is 32.6. The summed E-state index contributed by atoms with van der Waals surface area (Å²) in [5.41, 5.74) is 0.442. The quantitative estimate of drug-likeness (QED) is 0.697. The average Bonchev–Trinajstić information content (AvgIpc) is 2.61. The Hall–Kier alpha value is -2.57. The highest BCUT2D eigenvalue weighted by Crippen LogP contribution is 2.27. The van der Waals surface area contributed by atoms with E-state index in [2.05, 4.69) is 9.46 Å². The van der Waals surface area contributed by atoms with E-state index in [0.717, 1.165) is 10.8 Å². The van der Waals surface area contributed by atoms with Crippen molar-refractivity contribution in [2.75, 3.05) is 11.8 Å². The van der Waals surface area contributed by atoms with Crippen molar-refractivity contribution < 1.29 is 17.9 Å². The molecule has 0 spiro atoms. The molecule has 0 aliphatic rings. The van der Waals surface area contributed by atoms with Crippen molar-refractivity contribution in [1.29, 1.82) is 0 Å². The molecule has 0 saturated heterocycles. The van der Waals surface area contributed by atoms with Crippen LogP contribution in [-0.2, 0) is 14.8 Å². The number of ether oxygens (including phenoxy) is 1. The predicted molar refractivity (Wildman–Crippen MR) is 97.5 cm³/mol. The average molecular weight is 376 g/mol. The van der Waals surface area contributed by atoms with Crippen LogP contribution in [0.5, 0.6) is 0 Å². The smallest absolute Gasteiger partial charge is 0.339 e. The zero-order valence-electron chi connectivity index (χ0n) is 13.2. The Morgan fingerprint density at radius 2 is 1.76 bits per heavy atom. The maximum atomic E-state index is 12.7. The molecule has 0 fully saturated rings. The van der Waals surface area contributed by atoms with Crippen LogP contribution in [0.3, 0.4) is 0 Å². The number of nitrogens with one attached hydrogen (secondary N) is 1. The molecule has 0 amide bonds. The van der Waals surface area contributed by atoms with Gasteiger partial charge in [-0.25, -0.2) is 13.2 Å². The van der Waals surface area contributed by atoms with Crippen LogP contribution < -0.4 is 4.72 Å². The highest BCUT2D eigenvalue weighted by Gasteiger charge is 2.20. The van der Waals surface area contributed by atoms with Crippen LogP contribution in [0.25, 0.3) is 10.8 Å². The van der Waals surface area contributed by atoms with Crippen LogP contribution in [0.4, 0.5) is 5.69 Å². The second-order valence-electron chi connectivity index (χ2n) is 5.27. The van der Waals surface area contributed by atoms with Gasteiger partial charge >= 0.3 is 5.97 Å². The van der Waals surface area contributed by atoms with E-state index in [1.807, 2.05) is 30.3 Å². The molecule has 0 atom stereocenters. The van der Waals surface area contributed by atoms with Crippen molar-refractivity contribution in [2.45, 2.75) is 4.90 Å². The Morgan fingerprint density at radius 3 is 2.52 bits per heavy atom. The van der Waals surface area contributed by atoms with Gasteiger partial charge < -0.3 is 4.74 Å². The number of hydrogen-bond acceptors (Lipinski definition) is 4. The highest BCUT2D eigenvalue weighted by atomic mass is 35.5. The monoisotopic (exact) mass is 375 g/mol. The van der Waals surface area contributed by atoms with Crippen LogP contribution in [-0.4, -0.2) is 21.5 Å². The minimum absolute atomic E-state index is 0.00930. The van der Waals surface area contributed by atoms with Gasteiger partial charge in [-0.3, -0.25) is 4.72 Å². The van der Waals surface area contributed by atoms with E-state index >= 15 is 0 Å².